The minimum atomic E-state index is -1.82. The quantitative estimate of drug-likeness (QED) is 0.0228. The Morgan fingerprint density at radius 1 is 0.457 bits per heavy atom. The molecule has 10 aromatic rings. The van der Waals surface area contributed by atoms with Crippen LogP contribution in [0, 0.1) is 49.9 Å². The number of aldehydes is 1. The number of carbonyl (C=O) groups is 4. The van der Waals surface area contributed by atoms with Crippen molar-refractivity contribution >= 4 is 178 Å². The summed E-state index contributed by atoms with van der Waals surface area (Å²) in [5, 5.41) is 11.0. The first-order valence-electron chi connectivity index (χ1n) is 30.2. The normalized spacial score (nSPS) is 10.7. The SMILES string of the molecule is CCS(=O)[O-].COc1ccc(Br)cc1F.COc1ccc(C(=O)c2ccc(C(Br)Br)cc2Br)cc1F.COc1ccc(C(=O)c2ccc(C)cc2Br)cc1F.COc1ccc(C(=O)c2ccc(CBr)cc2Br)cc1F.COc1ccc(C(O)c2ccc(C)cc2Br)cc1F.Cc1ccc(C=O)c(Br)c1.[Na+]. The predicted molar refractivity (Wildman–Crippen MR) is 430 cm³/mol. The van der Waals surface area contributed by atoms with Crippen molar-refractivity contribution in [3.05, 3.63) is 316 Å². The van der Waals surface area contributed by atoms with E-state index in [1.807, 2.05) is 87.5 Å². The fourth-order valence-corrected chi connectivity index (χ4v) is 13.0. The first-order valence-corrected chi connectivity index (χ1v) is 39.1. The summed E-state index contributed by atoms with van der Waals surface area (Å²) in [6.07, 6.45) is -0.0424. The fourth-order valence-electron chi connectivity index (χ4n) is 8.63. The smallest absolute Gasteiger partial charge is 0.772 e. The van der Waals surface area contributed by atoms with Crippen LogP contribution in [0.1, 0.15) is 114 Å². The van der Waals surface area contributed by atoms with Gasteiger partial charge < -0.3 is 33.3 Å². The number of aliphatic hydroxyl groups excluding tert-OH is 1. The molecule has 0 spiro atoms. The number of ether oxygens (including phenoxy) is 5. The van der Waals surface area contributed by atoms with Gasteiger partial charge in [-0.25, -0.2) is 22.0 Å². The monoisotopic (exact) mass is 2040 g/mol. The van der Waals surface area contributed by atoms with E-state index in [0.29, 0.717) is 62.2 Å². The number of hydrogen-bond donors (Lipinski definition) is 1. The molecule has 2 atom stereocenters. The summed E-state index contributed by atoms with van der Waals surface area (Å²) >= 11 is 28.2. The van der Waals surface area contributed by atoms with E-state index in [0.717, 1.165) is 43.0 Å². The third kappa shape index (κ3) is 29.7. The van der Waals surface area contributed by atoms with Crippen LogP contribution in [0.3, 0.4) is 0 Å². The Kier molecular flexibility index (Phi) is 42.8. The van der Waals surface area contributed by atoms with E-state index in [1.165, 1.54) is 90.1 Å². The number of alkyl halides is 3. The molecule has 0 aliphatic heterocycles. The summed E-state index contributed by atoms with van der Waals surface area (Å²) in [5.74, 6) is -2.19. The van der Waals surface area contributed by atoms with Crippen LogP contribution in [0.15, 0.2) is 209 Å². The van der Waals surface area contributed by atoms with Gasteiger partial charge in [0.05, 0.1) is 39.3 Å². The van der Waals surface area contributed by atoms with Crippen molar-refractivity contribution in [1.82, 2.24) is 0 Å². The number of methoxy groups -OCH3 is 5. The summed E-state index contributed by atoms with van der Waals surface area (Å²) in [6.45, 7) is 7.47. The van der Waals surface area contributed by atoms with Crippen molar-refractivity contribution in [1.29, 1.82) is 0 Å². The molecular weight excluding hydrogens is 1990 g/mol. The minimum Gasteiger partial charge on any atom is -0.772 e. The maximum Gasteiger partial charge on any atom is 1.00 e. The molecule has 0 fully saturated rings. The Bertz CT molecular complexity index is 4640. The maximum absolute atomic E-state index is 13.7. The van der Waals surface area contributed by atoms with Crippen LogP contribution < -0.4 is 53.2 Å². The molecule has 105 heavy (non-hydrogen) atoms. The van der Waals surface area contributed by atoms with Gasteiger partial charge in [-0.05, 0) is 193 Å². The molecule has 0 heterocycles. The number of aliphatic hydroxyl groups is 1. The first kappa shape index (κ1) is 94.1. The molecule has 0 aromatic heterocycles. The Hall–Kier alpha value is -5.08. The van der Waals surface area contributed by atoms with Crippen LogP contribution in [0.2, 0.25) is 0 Å². The van der Waals surface area contributed by atoms with E-state index in [2.05, 4.69) is 143 Å². The number of hydrogen-bond acceptors (Lipinski definition) is 12. The second-order valence-electron chi connectivity index (χ2n) is 21.3. The molecule has 10 aromatic carbocycles. The van der Waals surface area contributed by atoms with Crippen molar-refractivity contribution in [2.75, 3.05) is 41.3 Å². The molecule has 2 unspecified atom stereocenters. The van der Waals surface area contributed by atoms with Crippen molar-refractivity contribution in [3.63, 3.8) is 0 Å². The van der Waals surface area contributed by atoms with Crippen molar-refractivity contribution in [3.8, 4) is 28.7 Å². The van der Waals surface area contributed by atoms with E-state index in [-0.39, 0.29) is 102 Å². The third-order valence-electron chi connectivity index (χ3n) is 14.1. The standard InChI is InChI=1S/C15H10Br3FO2.C15H11Br2FO2.C15H14BrFO2.C15H12BrFO2.C8H7BrO.C7H6BrFO.C2H6O2S.Na/c1-21-13-5-3-8(7-12(13)19)14(20)10-4-2-9(15(17)18)6-11(10)16;1-20-14-5-3-10(7-13(14)18)15(19)11-4-2-9(8-16)6-12(11)17;2*1-9-3-5-11(12(16)7-9)15(18)10-4-6-14(19-2)13(17)8-10;1-6-2-3-7(5-10)8(9)4-6;1-10-7-3-2-5(8)4-6(7)9;1-2-5(3)4;/h2-7,15H,1H3;2-7H,8H2,1H3;3-8,15,18H,1-2H3;3-8H,1-2H3;2-5H,1H3;2-4H,1H3;2H2,1H3,(H,3,4);/q;;;;;;;+1/p-1. The zero-order valence-corrected chi connectivity index (χ0v) is 74.7. The summed E-state index contributed by atoms with van der Waals surface area (Å²) in [7, 11) is 7.00. The Balaban J connectivity index is 0.000000328. The zero-order valence-electron chi connectivity index (χ0n) is 57.6. The number of ketones is 3. The molecule has 0 radical (unpaired) electrons. The molecular formula is C77H65Br9F5NaO12S. The summed E-state index contributed by atoms with van der Waals surface area (Å²) in [5.41, 5.74) is 9.54. The molecule has 0 amide bonds. The van der Waals surface area contributed by atoms with Gasteiger partial charge in [-0.2, -0.15) is 0 Å². The van der Waals surface area contributed by atoms with Gasteiger partial charge >= 0.3 is 29.6 Å². The number of halogens is 14. The molecule has 0 aliphatic rings. The van der Waals surface area contributed by atoms with Gasteiger partial charge in [-0.15, -0.1) is 0 Å². The average Bonchev–Trinajstić information content (AvgIpc) is 0.890. The number of benzene rings is 10. The number of aryl methyl sites for hydroxylation is 3. The van der Waals surface area contributed by atoms with E-state index in [9.17, 15) is 55.0 Å². The van der Waals surface area contributed by atoms with Crippen molar-refractivity contribution < 1.29 is 108 Å². The summed E-state index contributed by atoms with van der Waals surface area (Å²) in [4.78, 5) is 47.4. The summed E-state index contributed by atoms with van der Waals surface area (Å²) < 4.78 is 115. The Labute approximate surface area is 707 Å². The van der Waals surface area contributed by atoms with E-state index in [1.54, 1.807) is 67.6 Å². The van der Waals surface area contributed by atoms with Crippen LogP contribution in [-0.2, 0) is 16.4 Å². The minimum absolute atomic E-state index is 0. The topological polar surface area (TPSA) is 175 Å². The van der Waals surface area contributed by atoms with E-state index >= 15 is 0 Å². The van der Waals surface area contributed by atoms with Crippen LogP contribution in [0.5, 0.6) is 28.7 Å². The Morgan fingerprint density at radius 3 is 1.14 bits per heavy atom. The fraction of sp³-hybridized carbons (Fsp3) is 0.169. The van der Waals surface area contributed by atoms with Gasteiger partial charge in [0.15, 0.2) is 81.5 Å². The predicted octanol–water partition coefficient (Wildman–Crippen LogP) is 20.5. The van der Waals surface area contributed by atoms with Gasteiger partial charge in [-0.1, -0.05) is 210 Å². The van der Waals surface area contributed by atoms with Crippen molar-refractivity contribution in [2.24, 2.45) is 0 Å². The van der Waals surface area contributed by atoms with Gasteiger partial charge in [0.1, 0.15) is 6.10 Å². The number of rotatable bonds is 17. The molecule has 10 rings (SSSR count). The maximum atomic E-state index is 13.7. The molecule has 28 heteroatoms. The summed E-state index contributed by atoms with van der Waals surface area (Å²) in [6, 6.07) is 49.2. The van der Waals surface area contributed by atoms with Crippen LogP contribution >= 0.6 is 143 Å². The number of carbonyl (C=O) groups excluding carboxylic acids is 4. The molecule has 0 bridgehead atoms. The van der Waals surface area contributed by atoms with E-state index < -0.39 is 40.5 Å². The van der Waals surface area contributed by atoms with Crippen LogP contribution in [0.4, 0.5) is 22.0 Å². The molecule has 12 nitrogen and oxygen atoms in total. The molecule has 0 saturated heterocycles. The zero-order chi connectivity index (χ0) is 77.7. The molecule has 1 N–H and O–H groups in total. The van der Waals surface area contributed by atoms with Gasteiger partial charge in [0, 0.05) is 76.9 Å². The van der Waals surface area contributed by atoms with Gasteiger partial charge in [0.2, 0.25) is 0 Å². The molecule has 0 saturated carbocycles. The third-order valence-corrected chi connectivity index (χ3v) is 20.1. The molecule has 550 valence electrons. The van der Waals surface area contributed by atoms with Gasteiger partial charge in [0.25, 0.3) is 0 Å². The van der Waals surface area contributed by atoms with Gasteiger partial charge in [-0.3, -0.25) is 23.4 Å². The largest absolute Gasteiger partial charge is 1.00 e. The molecule has 0 aliphatic carbocycles. The first-order chi connectivity index (χ1) is 49.3. The average molecular weight is 2050 g/mol. The van der Waals surface area contributed by atoms with Crippen LogP contribution in [-0.4, -0.2) is 78.8 Å². The second-order valence-corrected chi connectivity index (χ2v) is 31.3. The van der Waals surface area contributed by atoms with E-state index in [4.69, 9.17) is 23.7 Å². The second kappa shape index (κ2) is 47.8. The van der Waals surface area contributed by atoms with Crippen LogP contribution in [0.25, 0.3) is 0 Å². The van der Waals surface area contributed by atoms with Crippen molar-refractivity contribution in [2.45, 2.75) is 42.9 Å². The Morgan fingerprint density at radius 2 is 0.800 bits per heavy atom.